The molecule has 10 heteroatoms. The number of hydrogen-bond acceptors (Lipinski definition) is 6. The number of anilines is 1. The number of fused-ring (bicyclic) bond motifs is 1. The molecule has 0 bridgehead atoms. The van der Waals surface area contributed by atoms with Crippen LogP contribution in [0.25, 0.3) is 15.9 Å². The van der Waals surface area contributed by atoms with Crippen molar-refractivity contribution in [3.8, 4) is 0 Å². The van der Waals surface area contributed by atoms with Crippen LogP contribution in [0.3, 0.4) is 0 Å². The Morgan fingerprint density at radius 1 is 1.00 bits per heavy atom. The molecule has 208 valence electrons. The van der Waals surface area contributed by atoms with Gasteiger partial charge in [-0.1, -0.05) is 30.8 Å². The lowest BCUT2D eigenvalue weighted by atomic mass is 9.94. The maximum atomic E-state index is 13.9. The molecule has 0 N–H and O–H groups in total. The van der Waals surface area contributed by atoms with Gasteiger partial charge in [0.15, 0.2) is 0 Å². The number of ether oxygens (including phenoxy) is 1. The zero-order chi connectivity index (χ0) is 28.7. The molecule has 1 aliphatic heterocycles. The molecular formula is C31H27F2N5O3. The van der Waals surface area contributed by atoms with Crippen LogP contribution >= 0.6 is 0 Å². The largest absolute Gasteiger partial charge is 0.461 e. The highest BCUT2D eigenvalue weighted by Gasteiger charge is 2.41. The summed E-state index contributed by atoms with van der Waals surface area (Å²) >= 11 is 0. The highest BCUT2D eigenvalue weighted by atomic mass is 19.1. The number of halogens is 2. The van der Waals surface area contributed by atoms with Gasteiger partial charge >= 0.3 is 5.97 Å². The molecule has 2 aromatic heterocycles. The van der Waals surface area contributed by atoms with Crippen LogP contribution in [0.4, 0.5) is 20.3 Å². The van der Waals surface area contributed by atoms with E-state index in [1.54, 1.807) is 43.4 Å². The molecule has 2 aliphatic rings. The second-order valence-corrected chi connectivity index (χ2v) is 10.4. The Balaban J connectivity index is 1.43. The van der Waals surface area contributed by atoms with E-state index in [9.17, 15) is 18.4 Å². The van der Waals surface area contributed by atoms with E-state index in [4.69, 9.17) is 11.3 Å². The number of aromatic nitrogens is 2. The zero-order valence-corrected chi connectivity index (χ0v) is 22.3. The van der Waals surface area contributed by atoms with E-state index in [1.165, 1.54) is 34.9 Å². The van der Waals surface area contributed by atoms with Crippen molar-refractivity contribution >= 4 is 28.5 Å². The fourth-order valence-electron chi connectivity index (χ4n) is 5.43. The van der Waals surface area contributed by atoms with E-state index in [2.05, 4.69) is 9.83 Å². The van der Waals surface area contributed by atoms with E-state index >= 15 is 0 Å². The summed E-state index contributed by atoms with van der Waals surface area (Å²) in [5.41, 5.74) is 2.88. The van der Waals surface area contributed by atoms with Gasteiger partial charge in [-0.2, -0.15) is 0 Å². The summed E-state index contributed by atoms with van der Waals surface area (Å²) in [6.45, 7) is 8.42. The highest BCUT2D eigenvalue weighted by molar-refractivity contribution is 5.90. The first-order chi connectivity index (χ1) is 19.8. The van der Waals surface area contributed by atoms with E-state index in [-0.39, 0.29) is 35.7 Å². The summed E-state index contributed by atoms with van der Waals surface area (Å²) in [5.74, 6) is -0.961. The maximum absolute atomic E-state index is 13.9. The highest BCUT2D eigenvalue weighted by Crippen LogP contribution is 2.36. The van der Waals surface area contributed by atoms with Gasteiger partial charge in [0.1, 0.15) is 23.8 Å². The smallest absolute Gasteiger partial charge is 0.325 e. The van der Waals surface area contributed by atoms with Gasteiger partial charge in [-0.3, -0.25) is 14.5 Å². The summed E-state index contributed by atoms with van der Waals surface area (Å²) in [6, 6.07) is 15.7. The lowest BCUT2D eigenvalue weighted by Gasteiger charge is -2.45. The first kappa shape index (κ1) is 26.6. The average Bonchev–Trinajstić information content (AvgIpc) is 3.81. The van der Waals surface area contributed by atoms with Crippen LogP contribution in [0.5, 0.6) is 0 Å². The minimum atomic E-state index is -0.757. The number of hydrogen-bond donors (Lipinski definition) is 0. The summed E-state index contributed by atoms with van der Waals surface area (Å²) in [7, 11) is 1.65. The number of benzene rings is 2. The Morgan fingerprint density at radius 2 is 1.63 bits per heavy atom. The van der Waals surface area contributed by atoms with Crippen molar-refractivity contribution in [2.24, 2.45) is 7.05 Å². The molecule has 4 aromatic rings. The van der Waals surface area contributed by atoms with E-state index in [0.29, 0.717) is 29.8 Å². The monoisotopic (exact) mass is 555 g/mol. The number of rotatable bonds is 6. The molecule has 2 fully saturated rings. The quantitative estimate of drug-likeness (QED) is 0.253. The molecule has 6 rings (SSSR count). The fourth-order valence-corrected chi connectivity index (χ4v) is 5.43. The third-order valence-corrected chi connectivity index (χ3v) is 7.71. The van der Waals surface area contributed by atoms with E-state index in [0.717, 1.165) is 24.0 Å². The van der Waals surface area contributed by atoms with Crippen molar-refractivity contribution in [2.45, 2.75) is 31.0 Å². The molecule has 0 amide bonds. The number of nitrogens with zero attached hydrogens (tertiary/aromatic N) is 5. The predicted octanol–water partition coefficient (Wildman–Crippen LogP) is 4.75. The average molecular weight is 556 g/mol. The third kappa shape index (κ3) is 5.28. The first-order valence-corrected chi connectivity index (χ1v) is 13.4. The van der Waals surface area contributed by atoms with Crippen molar-refractivity contribution in [2.75, 3.05) is 24.5 Å². The van der Waals surface area contributed by atoms with Crippen molar-refractivity contribution in [3.63, 3.8) is 0 Å². The standard InChI is InChI=1S/C31H27F2N5O3/c1-34-27-14-13-24-29(35-27)25(17-28(39)36(24)2)37-15-16-38(26(18-37)31(40)41-23-11-12-23)30(19-3-7-21(32)8-4-19)20-5-9-22(33)10-6-20/h3-10,13-14,17,23,26,30H,11-12,15-16,18H2,2H3. The summed E-state index contributed by atoms with van der Waals surface area (Å²) in [4.78, 5) is 38.5. The van der Waals surface area contributed by atoms with Gasteiger partial charge in [0.2, 0.25) is 5.52 Å². The third-order valence-electron chi connectivity index (χ3n) is 7.71. The molecule has 41 heavy (non-hydrogen) atoms. The molecule has 0 radical (unpaired) electrons. The van der Waals surface area contributed by atoms with Crippen LogP contribution in [-0.2, 0) is 16.6 Å². The van der Waals surface area contributed by atoms with Gasteiger partial charge < -0.3 is 19.0 Å². The number of carbonyl (C=O) groups is 1. The van der Waals surface area contributed by atoms with Crippen molar-refractivity contribution in [3.05, 3.63) is 111 Å². The Morgan fingerprint density at radius 3 is 2.22 bits per heavy atom. The molecular weight excluding hydrogens is 528 g/mol. The fraction of sp³-hybridized carbons (Fsp3) is 0.290. The van der Waals surface area contributed by atoms with Gasteiger partial charge in [-0.25, -0.2) is 8.78 Å². The Hall–Kier alpha value is -4.62. The predicted molar refractivity (Wildman–Crippen MR) is 150 cm³/mol. The second kappa shape index (κ2) is 10.7. The molecule has 1 saturated heterocycles. The summed E-state index contributed by atoms with van der Waals surface area (Å²) in [6.07, 6.45) is 1.50. The first-order valence-electron chi connectivity index (χ1n) is 13.4. The van der Waals surface area contributed by atoms with Crippen LogP contribution < -0.4 is 10.5 Å². The van der Waals surface area contributed by atoms with Crippen LogP contribution in [0.1, 0.15) is 30.0 Å². The molecule has 3 heterocycles. The summed E-state index contributed by atoms with van der Waals surface area (Å²) in [5, 5.41) is 0. The lowest BCUT2D eigenvalue weighted by Crippen LogP contribution is -2.58. The molecule has 1 atom stereocenters. The maximum Gasteiger partial charge on any atom is 0.325 e. The van der Waals surface area contributed by atoms with Crippen molar-refractivity contribution in [1.29, 1.82) is 0 Å². The minimum Gasteiger partial charge on any atom is -0.461 e. The van der Waals surface area contributed by atoms with Crippen molar-refractivity contribution < 1.29 is 18.3 Å². The number of carbonyl (C=O) groups excluding carboxylic acids is 1. The second-order valence-electron chi connectivity index (χ2n) is 10.4. The summed E-state index contributed by atoms with van der Waals surface area (Å²) < 4.78 is 35.1. The number of esters is 1. The number of aryl methyl sites for hydroxylation is 1. The van der Waals surface area contributed by atoms with Gasteiger partial charge in [0, 0.05) is 32.7 Å². The Kier molecular flexibility index (Phi) is 6.97. The van der Waals surface area contributed by atoms with Gasteiger partial charge in [0.25, 0.3) is 11.4 Å². The van der Waals surface area contributed by atoms with Crippen LogP contribution in [0.15, 0.2) is 71.5 Å². The van der Waals surface area contributed by atoms with Crippen LogP contribution in [-0.4, -0.2) is 52.2 Å². The minimum absolute atomic E-state index is 0.123. The molecule has 0 spiro atoms. The molecule has 2 aromatic carbocycles. The molecule has 1 aliphatic carbocycles. The number of pyridine rings is 2. The molecule has 1 saturated carbocycles. The zero-order valence-electron chi connectivity index (χ0n) is 22.3. The van der Waals surface area contributed by atoms with Gasteiger partial charge in [-0.15, -0.1) is 4.98 Å². The Labute approximate surface area is 235 Å². The van der Waals surface area contributed by atoms with Crippen molar-refractivity contribution in [1.82, 2.24) is 14.5 Å². The van der Waals surface area contributed by atoms with E-state index in [1.807, 2.05) is 9.80 Å². The van der Waals surface area contributed by atoms with Crippen LogP contribution in [0.2, 0.25) is 0 Å². The van der Waals surface area contributed by atoms with Crippen LogP contribution in [0, 0.1) is 18.2 Å². The number of piperazine rings is 1. The Bertz CT molecular complexity index is 1670. The van der Waals surface area contributed by atoms with E-state index < -0.39 is 18.1 Å². The normalized spacial score (nSPS) is 17.5. The SMILES string of the molecule is [C-]#[N+]c1ccc2c(n1)c(N1CCN(C(c3ccc(F)cc3)c3ccc(F)cc3)C(C(=O)OC3CC3)C1)cc(=O)n2C. The van der Waals surface area contributed by atoms with Gasteiger partial charge in [0.05, 0.1) is 17.2 Å². The topological polar surface area (TPSA) is 72.0 Å². The lowest BCUT2D eigenvalue weighted by molar-refractivity contribution is -0.152. The molecule has 1 unspecified atom stereocenters. The molecule has 8 nitrogen and oxygen atoms in total. The van der Waals surface area contributed by atoms with Gasteiger partial charge in [-0.05, 0) is 60.4 Å².